The summed E-state index contributed by atoms with van der Waals surface area (Å²) in [6, 6.07) is 7.11. The lowest BCUT2D eigenvalue weighted by Gasteiger charge is -2.21. The van der Waals surface area contributed by atoms with Crippen molar-refractivity contribution < 1.29 is 4.39 Å². The average Bonchev–Trinajstić information content (AvgIpc) is 2.40. The van der Waals surface area contributed by atoms with E-state index in [1.54, 1.807) is 12.3 Å². The molecule has 5 heteroatoms. The molecule has 0 aliphatic rings. The number of pyridine rings is 1. The largest absolute Gasteiger partial charge is 0.306 e. The lowest BCUT2D eigenvalue weighted by molar-refractivity contribution is 0.553. The molecule has 0 aliphatic heterocycles. The predicted molar refractivity (Wildman–Crippen MR) is 83.9 cm³/mol. The molecular formula is C14H13ClFIN2. The van der Waals surface area contributed by atoms with E-state index in [-0.39, 0.29) is 11.9 Å². The fraction of sp³-hybridized carbons (Fsp3) is 0.214. The van der Waals surface area contributed by atoms with E-state index in [0.29, 0.717) is 10.6 Å². The third-order valence-electron chi connectivity index (χ3n) is 2.79. The first-order chi connectivity index (χ1) is 9.13. The Bertz CT molecular complexity index is 577. The van der Waals surface area contributed by atoms with Crippen LogP contribution in [0.15, 0.2) is 36.7 Å². The van der Waals surface area contributed by atoms with Gasteiger partial charge in [-0.2, -0.15) is 0 Å². The number of hydrogen-bond donors (Lipinski definition) is 1. The highest BCUT2D eigenvalue weighted by atomic mass is 127. The van der Waals surface area contributed by atoms with Crippen LogP contribution in [-0.4, -0.2) is 11.5 Å². The fourth-order valence-electron chi connectivity index (χ4n) is 1.95. The number of rotatable bonds is 4. The monoisotopic (exact) mass is 390 g/mol. The van der Waals surface area contributed by atoms with Crippen molar-refractivity contribution in [2.45, 2.75) is 13.0 Å². The van der Waals surface area contributed by atoms with Crippen molar-refractivity contribution in [1.82, 2.24) is 10.3 Å². The van der Waals surface area contributed by atoms with Crippen molar-refractivity contribution in [3.63, 3.8) is 0 Å². The molecular weight excluding hydrogens is 378 g/mol. The number of nitrogens with one attached hydrogen (secondary N) is 1. The second-order valence-electron chi connectivity index (χ2n) is 4.05. The molecule has 100 valence electrons. The van der Waals surface area contributed by atoms with Crippen molar-refractivity contribution in [2.75, 3.05) is 6.54 Å². The summed E-state index contributed by atoms with van der Waals surface area (Å²) in [7, 11) is 0. The number of aromatic nitrogens is 1. The summed E-state index contributed by atoms with van der Waals surface area (Å²) in [5.41, 5.74) is 1.55. The summed E-state index contributed by atoms with van der Waals surface area (Å²) in [6.07, 6.45) is 2.83. The van der Waals surface area contributed by atoms with Crippen molar-refractivity contribution >= 4 is 34.2 Å². The van der Waals surface area contributed by atoms with Gasteiger partial charge in [0.1, 0.15) is 5.82 Å². The highest BCUT2D eigenvalue weighted by molar-refractivity contribution is 14.1. The van der Waals surface area contributed by atoms with Gasteiger partial charge in [-0.15, -0.1) is 0 Å². The zero-order valence-electron chi connectivity index (χ0n) is 10.3. The van der Waals surface area contributed by atoms with Crippen LogP contribution in [0.25, 0.3) is 0 Å². The Morgan fingerprint density at radius 2 is 2.16 bits per heavy atom. The molecule has 0 aliphatic carbocycles. The molecule has 1 aromatic carbocycles. The Kier molecular flexibility index (Phi) is 5.13. The molecule has 1 atom stereocenters. The molecule has 1 N–H and O–H groups in total. The third kappa shape index (κ3) is 3.43. The Morgan fingerprint density at radius 3 is 2.84 bits per heavy atom. The van der Waals surface area contributed by atoms with E-state index < -0.39 is 0 Å². The molecule has 0 saturated carbocycles. The van der Waals surface area contributed by atoms with E-state index in [9.17, 15) is 4.39 Å². The number of nitrogens with zero attached hydrogens (tertiary/aromatic N) is 1. The van der Waals surface area contributed by atoms with E-state index in [0.717, 1.165) is 15.7 Å². The number of halogens is 3. The van der Waals surface area contributed by atoms with Gasteiger partial charge in [0.25, 0.3) is 0 Å². The highest BCUT2D eigenvalue weighted by Crippen LogP contribution is 2.29. The zero-order valence-corrected chi connectivity index (χ0v) is 13.2. The van der Waals surface area contributed by atoms with Gasteiger partial charge in [0.05, 0.1) is 12.2 Å². The van der Waals surface area contributed by atoms with Gasteiger partial charge in [0.15, 0.2) is 0 Å². The molecule has 1 unspecified atom stereocenters. The molecule has 19 heavy (non-hydrogen) atoms. The normalized spacial score (nSPS) is 12.4. The molecule has 0 amide bonds. The van der Waals surface area contributed by atoms with Gasteiger partial charge >= 0.3 is 0 Å². The molecule has 0 saturated heterocycles. The molecule has 2 rings (SSSR count). The zero-order chi connectivity index (χ0) is 13.8. The quantitative estimate of drug-likeness (QED) is 0.792. The van der Waals surface area contributed by atoms with Crippen LogP contribution in [0, 0.1) is 9.39 Å². The second-order valence-corrected chi connectivity index (χ2v) is 5.65. The maximum absolute atomic E-state index is 13.9. The molecule has 1 aromatic heterocycles. The number of hydrogen-bond acceptors (Lipinski definition) is 2. The van der Waals surface area contributed by atoms with Gasteiger partial charge in [-0.1, -0.05) is 18.5 Å². The lowest BCUT2D eigenvalue weighted by Crippen LogP contribution is -2.24. The minimum Gasteiger partial charge on any atom is -0.306 e. The van der Waals surface area contributed by atoms with E-state index in [1.165, 1.54) is 6.20 Å². The predicted octanol–water partition coefficient (Wildman–Crippen LogP) is 4.18. The van der Waals surface area contributed by atoms with Crippen LogP contribution in [0.5, 0.6) is 0 Å². The van der Waals surface area contributed by atoms with Gasteiger partial charge in [0, 0.05) is 20.4 Å². The molecule has 0 bridgehead atoms. The van der Waals surface area contributed by atoms with Crippen molar-refractivity contribution in [2.24, 2.45) is 0 Å². The summed E-state index contributed by atoms with van der Waals surface area (Å²) < 4.78 is 15.0. The topological polar surface area (TPSA) is 24.9 Å². The van der Waals surface area contributed by atoms with Gasteiger partial charge in [-0.05, 0) is 59.0 Å². The van der Waals surface area contributed by atoms with Crippen LogP contribution in [0.3, 0.4) is 0 Å². The first kappa shape index (κ1) is 14.7. The molecule has 0 radical (unpaired) electrons. The van der Waals surface area contributed by atoms with E-state index in [2.05, 4.69) is 32.9 Å². The Morgan fingerprint density at radius 1 is 1.37 bits per heavy atom. The highest BCUT2D eigenvalue weighted by Gasteiger charge is 2.19. The summed E-state index contributed by atoms with van der Waals surface area (Å²) >= 11 is 8.28. The maximum Gasteiger partial charge on any atom is 0.146 e. The van der Waals surface area contributed by atoms with Gasteiger partial charge in [-0.3, -0.25) is 4.98 Å². The lowest BCUT2D eigenvalue weighted by atomic mass is 9.99. The first-order valence-corrected chi connectivity index (χ1v) is 7.37. The Balaban J connectivity index is 2.51. The fourth-order valence-corrected chi connectivity index (χ4v) is 2.77. The van der Waals surface area contributed by atoms with E-state index in [1.807, 2.05) is 25.1 Å². The standard InChI is InChI=1S/C14H13ClFIN2/c1-2-19-14(10-5-6-18-8-12(10)16)11-7-9(15)3-4-13(11)17/h3-8,14,19H,2H2,1H3. The summed E-state index contributed by atoms with van der Waals surface area (Å²) in [4.78, 5) is 3.79. The Hall–Kier alpha value is -0.720. The minimum atomic E-state index is -0.316. The molecule has 2 nitrogen and oxygen atoms in total. The second kappa shape index (κ2) is 6.63. The first-order valence-electron chi connectivity index (χ1n) is 5.91. The molecule has 0 fully saturated rings. The van der Waals surface area contributed by atoms with Crippen molar-refractivity contribution in [1.29, 1.82) is 0 Å². The van der Waals surface area contributed by atoms with Crippen LogP contribution in [0.4, 0.5) is 4.39 Å². The smallest absolute Gasteiger partial charge is 0.146 e. The Labute approximate surface area is 130 Å². The molecule has 1 heterocycles. The van der Waals surface area contributed by atoms with Crippen molar-refractivity contribution in [3.8, 4) is 0 Å². The van der Waals surface area contributed by atoms with Crippen LogP contribution in [-0.2, 0) is 0 Å². The number of benzene rings is 1. The summed E-state index contributed by atoms with van der Waals surface area (Å²) in [6.45, 7) is 2.72. The van der Waals surface area contributed by atoms with Crippen molar-refractivity contribution in [3.05, 3.63) is 62.2 Å². The minimum absolute atomic E-state index is 0.224. The average molecular weight is 391 g/mol. The van der Waals surface area contributed by atoms with Crippen LogP contribution >= 0.6 is 34.2 Å². The summed E-state index contributed by atoms with van der Waals surface area (Å²) in [5, 5.41) is 3.94. The van der Waals surface area contributed by atoms with Crippen LogP contribution in [0.1, 0.15) is 24.1 Å². The van der Waals surface area contributed by atoms with Gasteiger partial charge in [0.2, 0.25) is 0 Å². The van der Waals surface area contributed by atoms with E-state index in [4.69, 9.17) is 11.6 Å². The van der Waals surface area contributed by atoms with Crippen LogP contribution in [0.2, 0.25) is 5.02 Å². The van der Waals surface area contributed by atoms with Gasteiger partial charge < -0.3 is 5.32 Å². The molecule has 0 spiro atoms. The maximum atomic E-state index is 13.9. The molecule has 2 aromatic rings. The summed E-state index contributed by atoms with van der Waals surface area (Å²) in [5.74, 6) is -0.316. The van der Waals surface area contributed by atoms with Gasteiger partial charge in [-0.25, -0.2) is 4.39 Å². The SMILES string of the molecule is CCNC(c1ccncc1F)c1cc(Cl)ccc1I. The third-order valence-corrected chi connectivity index (χ3v) is 4.01. The van der Waals surface area contributed by atoms with Crippen LogP contribution < -0.4 is 5.32 Å². The van der Waals surface area contributed by atoms with E-state index >= 15 is 0 Å².